The van der Waals surface area contributed by atoms with Crippen molar-refractivity contribution in [1.29, 1.82) is 0 Å². The largest absolute Gasteiger partial charge is 0.368 e. The third kappa shape index (κ3) is 2.21. The number of rotatable bonds is 5. The van der Waals surface area contributed by atoms with Crippen LogP contribution in [0.5, 0.6) is 0 Å². The molecule has 0 spiro atoms. The summed E-state index contributed by atoms with van der Waals surface area (Å²) in [6, 6.07) is 0. The number of nitrogen functional groups attached to an aromatic ring is 1. The summed E-state index contributed by atoms with van der Waals surface area (Å²) in [6.45, 7) is 3.06. The fourth-order valence-corrected chi connectivity index (χ4v) is 1.56. The Morgan fingerprint density at radius 2 is 2.25 bits per heavy atom. The SMILES string of the molecule is CCCCCNc1nc(N)nc2nc[nH]c12. The molecule has 0 fully saturated rings. The van der Waals surface area contributed by atoms with Crippen molar-refractivity contribution in [2.24, 2.45) is 0 Å². The quantitative estimate of drug-likeness (QED) is 0.664. The molecule has 0 aliphatic carbocycles. The number of aromatic amines is 1. The van der Waals surface area contributed by atoms with Crippen LogP contribution in [0.3, 0.4) is 0 Å². The van der Waals surface area contributed by atoms with E-state index >= 15 is 0 Å². The van der Waals surface area contributed by atoms with Crippen LogP contribution < -0.4 is 11.1 Å². The summed E-state index contributed by atoms with van der Waals surface area (Å²) in [5.41, 5.74) is 7.01. The average Bonchev–Trinajstić information content (AvgIpc) is 2.72. The molecular weight excluding hydrogens is 204 g/mol. The summed E-state index contributed by atoms with van der Waals surface area (Å²) in [6.07, 6.45) is 5.12. The van der Waals surface area contributed by atoms with Crippen LogP contribution in [-0.2, 0) is 0 Å². The van der Waals surface area contributed by atoms with Gasteiger partial charge in [-0.1, -0.05) is 19.8 Å². The van der Waals surface area contributed by atoms with E-state index in [1.807, 2.05) is 0 Å². The van der Waals surface area contributed by atoms with Gasteiger partial charge < -0.3 is 16.0 Å². The lowest BCUT2D eigenvalue weighted by Crippen LogP contribution is -2.06. The predicted octanol–water partition coefficient (Wildman–Crippen LogP) is 1.54. The zero-order valence-electron chi connectivity index (χ0n) is 9.32. The Labute approximate surface area is 93.7 Å². The number of unbranched alkanes of at least 4 members (excludes halogenated alkanes) is 2. The molecule has 0 saturated carbocycles. The Morgan fingerprint density at radius 1 is 1.38 bits per heavy atom. The number of aromatic nitrogens is 4. The van der Waals surface area contributed by atoms with Crippen LogP contribution in [0, 0.1) is 0 Å². The minimum Gasteiger partial charge on any atom is -0.368 e. The minimum absolute atomic E-state index is 0.248. The van der Waals surface area contributed by atoms with Crippen molar-refractivity contribution < 1.29 is 0 Å². The van der Waals surface area contributed by atoms with Gasteiger partial charge in [0.15, 0.2) is 11.5 Å². The van der Waals surface area contributed by atoms with Crippen LogP contribution in [0.1, 0.15) is 26.2 Å². The summed E-state index contributed by atoms with van der Waals surface area (Å²) in [5.74, 6) is 0.980. The van der Waals surface area contributed by atoms with Gasteiger partial charge in [0.25, 0.3) is 0 Å². The molecule has 0 bridgehead atoms. The number of nitrogens with one attached hydrogen (secondary N) is 2. The minimum atomic E-state index is 0.248. The summed E-state index contributed by atoms with van der Waals surface area (Å²) >= 11 is 0. The van der Waals surface area contributed by atoms with Crippen LogP contribution >= 0.6 is 0 Å². The summed E-state index contributed by atoms with van der Waals surface area (Å²) < 4.78 is 0. The third-order valence-electron chi connectivity index (χ3n) is 2.38. The van der Waals surface area contributed by atoms with Gasteiger partial charge in [0, 0.05) is 6.54 Å². The highest BCUT2D eigenvalue weighted by atomic mass is 15.1. The van der Waals surface area contributed by atoms with Crippen LogP contribution in [0.2, 0.25) is 0 Å². The van der Waals surface area contributed by atoms with Gasteiger partial charge >= 0.3 is 0 Å². The van der Waals surface area contributed by atoms with Gasteiger partial charge in [0.05, 0.1) is 6.33 Å². The molecule has 16 heavy (non-hydrogen) atoms. The van der Waals surface area contributed by atoms with Gasteiger partial charge in [-0.25, -0.2) is 4.98 Å². The molecular formula is C10H16N6. The van der Waals surface area contributed by atoms with Crippen molar-refractivity contribution in [1.82, 2.24) is 19.9 Å². The van der Waals surface area contributed by atoms with Gasteiger partial charge in [0.2, 0.25) is 5.95 Å². The highest BCUT2D eigenvalue weighted by Crippen LogP contribution is 2.17. The van der Waals surface area contributed by atoms with Crippen molar-refractivity contribution >= 4 is 22.9 Å². The molecule has 0 aliphatic heterocycles. The van der Waals surface area contributed by atoms with Gasteiger partial charge in [-0.05, 0) is 6.42 Å². The molecule has 6 heteroatoms. The monoisotopic (exact) mass is 220 g/mol. The highest BCUT2D eigenvalue weighted by Gasteiger charge is 2.07. The normalized spacial score (nSPS) is 10.8. The van der Waals surface area contributed by atoms with Gasteiger partial charge in [-0.15, -0.1) is 0 Å². The first kappa shape index (κ1) is 10.7. The maximum Gasteiger partial charge on any atom is 0.224 e. The number of fused-ring (bicyclic) bond motifs is 1. The summed E-state index contributed by atoms with van der Waals surface area (Å²) in [4.78, 5) is 15.2. The van der Waals surface area contributed by atoms with Crippen molar-refractivity contribution in [2.75, 3.05) is 17.6 Å². The molecule has 4 N–H and O–H groups in total. The molecule has 2 heterocycles. The zero-order chi connectivity index (χ0) is 11.4. The Hall–Kier alpha value is -1.85. The van der Waals surface area contributed by atoms with E-state index in [1.165, 1.54) is 12.8 Å². The smallest absolute Gasteiger partial charge is 0.224 e. The molecule has 2 aromatic rings. The first-order valence-corrected chi connectivity index (χ1v) is 5.51. The lowest BCUT2D eigenvalue weighted by molar-refractivity contribution is 0.742. The summed E-state index contributed by atoms with van der Waals surface area (Å²) in [7, 11) is 0. The molecule has 2 aromatic heterocycles. The molecule has 2 rings (SSSR count). The lowest BCUT2D eigenvalue weighted by atomic mass is 10.2. The molecule has 0 aliphatic rings. The number of nitrogens with zero attached hydrogens (tertiary/aromatic N) is 3. The van der Waals surface area contributed by atoms with E-state index in [4.69, 9.17) is 5.73 Å². The Morgan fingerprint density at radius 3 is 3.06 bits per heavy atom. The third-order valence-corrected chi connectivity index (χ3v) is 2.38. The van der Waals surface area contributed by atoms with Crippen LogP contribution in [0.4, 0.5) is 11.8 Å². The second kappa shape index (κ2) is 4.78. The maximum absolute atomic E-state index is 5.60. The topological polar surface area (TPSA) is 92.5 Å². The van der Waals surface area contributed by atoms with E-state index in [0.717, 1.165) is 24.3 Å². The number of hydrogen-bond acceptors (Lipinski definition) is 5. The van der Waals surface area contributed by atoms with Crippen LogP contribution in [0.25, 0.3) is 11.2 Å². The first-order valence-electron chi connectivity index (χ1n) is 5.51. The maximum atomic E-state index is 5.60. The van der Waals surface area contributed by atoms with Gasteiger partial charge in [-0.2, -0.15) is 9.97 Å². The van der Waals surface area contributed by atoms with Gasteiger partial charge in [-0.3, -0.25) is 0 Å². The van der Waals surface area contributed by atoms with Crippen molar-refractivity contribution in [3.63, 3.8) is 0 Å². The van der Waals surface area contributed by atoms with E-state index in [-0.39, 0.29) is 5.95 Å². The lowest BCUT2D eigenvalue weighted by Gasteiger charge is -2.05. The highest BCUT2D eigenvalue weighted by molar-refractivity contribution is 5.83. The molecule has 0 aromatic carbocycles. The fourth-order valence-electron chi connectivity index (χ4n) is 1.56. The van der Waals surface area contributed by atoms with E-state index in [9.17, 15) is 0 Å². The molecule has 0 atom stereocenters. The molecule has 0 amide bonds. The standard InChI is InChI=1S/C10H16N6/c1-2-3-4-5-12-8-7-9(14-6-13-7)16-10(11)15-8/h6H,2-5H2,1H3,(H4,11,12,13,14,15,16). The molecule has 0 saturated heterocycles. The average molecular weight is 220 g/mol. The molecule has 0 radical (unpaired) electrons. The van der Waals surface area contributed by atoms with E-state index in [1.54, 1.807) is 6.33 Å². The van der Waals surface area contributed by atoms with Crippen molar-refractivity contribution in [3.05, 3.63) is 6.33 Å². The first-order chi connectivity index (χ1) is 7.81. The number of anilines is 2. The number of nitrogens with two attached hydrogens (primary N) is 1. The molecule has 86 valence electrons. The van der Waals surface area contributed by atoms with E-state index < -0.39 is 0 Å². The zero-order valence-corrected chi connectivity index (χ0v) is 9.32. The van der Waals surface area contributed by atoms with Crippen LogP contribution in [0.15, 0.2) is 6.33 Å². The Kier molecular flexibility index (Phi) is 3.19. The Bertz CT molecular complexity index is 463. The second-order valence-corrected chi connectivity index (χ2v) is 3.67. The second-order valence-electron chi connectivity index (χ2n) is 3.67. The molecule has 0 unspecified atom stereocenters. The van der Waals surface area contributed by atoms with Crippen molar-refractivity contribution in [2.45, 2.75) is 26.2 Å². The number of imidazole rings is 1. The Balaban J connectivity index is 2.12. The number of hydrogen-bond donors (Lipinski definition) is 3. The fraction of sp³-hybridized carbons (Fsp3) is 0.500. The predicted molar refractivity (Wildman–Crippen MR) is 64.1 cm³/mol. The van der Waals surface area contributed by atoms with E-state index in [2.05, 4.69) is 32.2 Å². The summed E-state index contributed by atoms with van der Waals surface area (Å²) in [5, 5.41) is 3.25. The van der Waals surface area contributed by atoms with E-state index in [0.29, 0.717) is 5.65 Å². The van der Waals surface area contributed by atoms with Crippen LogP contribution in [-0.4, -0.2) is 26.5 Å². The van der Waals surface area contributed by atoms with Gasteiger partial charge in [0.1, 0.15) is 5.52 Å². The molecule has 6 nitrogen and oxygen atoms in total. The van der Waals surface area contributed by atoms with Crippen molar-refractivity contribution in [3.8, 4) is 0 Å². The number of H-pyrrole nitrogens is 1.